The average molecular weight is 345 g/mol. The van der Waals surface area contributed by atoms with Gasteiger partial charge in [-0.25, -0.2) is 0 Å². The van der Waals surface area contributed by atoms with Gasteiger partial charge in [-0.2, -0.15) is 0 Å². The molecule has 0 aromatic heterocycles. The number of amides is 1. The van der Waals surface area contributed by atoms with Crippen molar-refractivity contribution in [2.45, 2.75) is 26.8 Å². The van der Waals surface area contributed by atoms with Gasteiger partial charge in [-0.3, -0.25) is 10.1 Å². The number of thiocarbonyl (C=S) groups is 1. The Bertz CT molecular complexity index is 478. The minimum absolute atomic E-state index is 0.168. The second-order valence-electron chi connectivity index (χ2n) is 4.16. The Balaban J connectivity index is 2.86. The van der Waals surface area contributed by atoms with E-state index in [0.717, 1.165) is 4.47 Å². The molecule has 1 rings (SSSR count). The van der Waals surface area contributed by atoms with Crippen molar-refractivity contribution in [3.8, 4) is 5.75 Å². The topological polar surface area (TPSA) is 50.4 Å². The molecule has 1 aromatic carbocycles. The molecule has 6 heteroatoms. The molecule has 0 heterocycles. The fraction of sp³-hybridized carbons (Fsp3) is 0.385. The fourth-order valence-electron chi connectivity index (χ4n) is 1.43. The van der Waals surface area contributed by atoms with Crippen molar-refractivity contribution in [1.82, 2.24) is 10.6 Å². The Morgan fingerprint density at radius 1 is 1.47 bits per heavy atom. The molecule has 1 aromatic rings. The van der Waals surface area contributed by atoms with E-state index in [1.54, 1.807) is 12.1 Å². The Morgan fingerprint density at radius 3 is 2.74 bits per heavy atom. The van der Waals surface area contributed by atoms with Crippen LogP contribution in [0, 0.1) is 0 Å². The maximum atomic E-state index is 12.1. The van der Waals surface area contributed by atoms with Crippen molar-refractivity contribution < 1.29 is 9.53 Å². The Hall–Kier alpha value is -1.14. The monoisotopic (exact) mass is 344 g/mol. The van der Waals surface area contributed by atoms with Crippen molar-refractivity contribution in [2.75, 3.05) is 6.61 Å². The molecular formula is C13H17BrN2O2S. The zero-order valence-electron chi connectivity index (χ0n) is 11.1. The van der Waals surface area contributed by atoms with E-state index in [2.05, 4.69) is 26.6 Å². The lowest BCUT2D eigenvalue weighted by molar-refractivity contribution is 0.0973. The van der Waals surface area contributed by atoms with E-state index in [1.807, 2.05) is 26.8 Å². The Morgan fingerprint density at radius 2 is 2.16 bits per heavy atom. The van der Waals surface area contributed by atoms with Gasteiger partial charge < -0.3 is 10.1 Å². The smallest absolute Gasteiger partial charge is 0.261 e. The summed E-state index contributed by atoms with van der Waals surface area (Å²) in [4.78, 5) is 12.1. The number of rotatable bonds is 4. The molecule has 104 valence electrons. The second-order valence-corrected chi connectivity index (χ2v) is 5.48. The first-order valence-electron chi connectivity index (χ1n) is 5.98. The highest BCUT2D eigenvalue weighted by atomic mass is 79.9. The largest absolute Gasteiger partial charge is 0.493 e. The first kappa shape index (κ1) is 15.9. The van der Waals surface area contributed by atoms with Gasteiger partial charge in [0.15, 0.2) is 5.11 Å². The highest BCUT2D eigenvalue weighted by Gasteiger charge is 2.14. The van der Waals surface area contributed by atoms with Gasteiger partial charge in [0, 0.05) is 10.5 Å². The van der Waals surface area contributed by atoms with Crippen LogP contribution in [0.4, 0.5) is 0 Å². The standard InChI is InChI=1S/C13H17BrN2O2S/c1-4-18-11-6-5-9(14)7-10(11)12(17)16-13(19)15-8(2)3/h5-8H,4H2,1-3H3,(H2,15,16,17,19). The van der Waals surface area contributed by atoms with Crippen LogP contribution in [-0.4, -0.2) is 23.7 Å². The molecule has 1 amide bonds. The summed E-state index contributed by atoms with van der Waals surface area (Å²) in [5.74, 6) is 0.249. The second kappa shape index (κ2) is 7.45. The molecule has 0 saturated heterocycles. The van der Waals surface area contributed by atoms with Gasteiger partial charge in [-0.1, -0.05) is 15.9 Å². The summed E-state index contributed by atoms with van der Waals surface area (Å²) in [5.41, 5.74) is 0.448. The zero-order valence-corrected chi connectivity index (χ0v) is 13.5. The summed E-state index contributed by atoms with van der Waals surface area (Å²) < 4.78 is 6.24. The number of ether oxygens (including phenoxy) is 1. The first-order valence-corrected chi connectivity index (χ1v) is 7.18. The number of carbonyl (C=O) groups is 1. The van der Waals surface area contributed by atoms with Crippen molar-refractivity contribution in [3.05, 3.63) is 28.2 Å². The quantitative estimate of drug-likeness (QED) is 0.824. The van der Waals surface area contributed by atoms with Crippen molar-refractivity contribution in [1.29, 1.82) is 0 Å². The molecule has 2 N–H and O–H groups in total. The molecule has 4 nitrogen and oxygen atoms in total. The number of carbonyl (C=O) groups excluding carboxylic acids is 1. The first-order chi connectivity index (χ1) is 8.93. The van der Waals surface area contributed by atoms with Crippen molar-refractivity contribution in [2.24, 2.45) is 0 Å². The number of hydrogen-bond donors (Lipinski definition) is 2. The van der Waals surface area contributed by atoms with E-state index in [9.17, 15) is 4.79 Å². The summed E-state index contributed by atoms with van der Waals surface area (Å²) in [5, 5.41) is 5.90. The SMILES string of the molecule is CCOc1ccc(Br)cc1C(=O)NC(=S)NC(C)C. The zero-order chi connectivity index (χ0) is 14.4. The normalized spacial score (nSPS) is 10.2. The summed E-state index contributed by atoms with van der Waals surface area (Å²) in [6.45, 7) is 6.26. The van der Waals surface area contributed by atoms with E-state index in [0.29, 0.717) is 23.0 Å². The van der Waals surface area contributed by atoms with E-state index < -0.39 is 0 Å². The van der Waals surface area contributed by atoms with Gasteiger partial charge in [-0.15, -0.1) is 0 Å². The minimum atomic E-state index is -0.289. The van der Waals surface area contributed by atoms with Crippen LogP contribution in [-0.2, 0) is 0 Å². The average Bonchev–Trinajstić information content (AvgIpc) is 2.30. The van der Waals surface area contributed by atoms with Crippen molar-refractivity contribution in [3.63, 3.8) is 0 Å². The van der Waals surface area contributed by atoms with Crippen molar-refractivity contribution >= 4 is 39.2 Å². The molecule has 0 unspecified atom stereocenters. The summed E-state index contributed by atoms with van der Waals surface area (Å²) >= 11 is 8.39. The molecule has 0 spiro atoms. The van der Waals surface area contributed by atoms with Gasteiger partial charge in [0.05, 0.1) is 12.2 Å². The highest BCUT2D eigenvalue weighted by Crippen LogP contribution is 2.23. The van der Waals surface area contributed by atoms with Gasteiger partial charge in [0.25, 0.3) is 5.91 Å². The maximum Gasteiger partial charge on any atom is 0.261 e. The molecule has 0 bridgehead atoms. The number of nitrogens with one attached hydrogen (secondary N) is 2. The van der Waals surface area contributed by atoms with E-state index in [1.165, 1.54) is 0 Å². The molecule has 0 atom stereocenters. The Kier molecular flexibility index (Phi) is 6.24. The Labute approximate surface area is 127 Å². The highest BCUT2D eigenvalue weighted by molar-refractivity contribution is 9.10. The summed E-state index contributed by atoms with van der Waals surface area (Å²) in [7, 11) is 0. The van der Waals surface area contributed by atoms with Crippen LogP contribution < -0.4 is 15.4 Å². The molecule has 0 fully saturated rings. The molecule has 0 saturated carbocycles. The van der Waals surface area contributed by atoms with Crippen LogP contribution >= 0.6 is 28.1 Å². The molecule has 0 aliphatic heterocycles. The van der Waals surface area contributed by atoms with Crippen LogP contribution in [0.3, 0.4) is 0 Å². The lowest BCUT2D eigenvalue weighted by atomic mass is 10.2. The molecule has 0 aliphatic carbocycles. The van der Waals surface area contributed by atoms with E-state index in [4.69, 9.17) is 17.0 Å². The van der Waals surface area contributed by atoms with E-state index >= 15 is 0 Å². The van der Waals surface area contributed by atoms with Crippen LogP contribution in [0.25, 0.3) is 0 Å². The maximum absolute atomic E-state index is 12.1. The lowest BCUT2D eigenvalue weighted by Crippen LogP contribution is -2.42. The van der Waals surface area contributed by atoms with Gasteiger partial charge in [-0.05, 0) is 51.2 Å². The van der Waals surface area contributed by atoms with Crippen LogP contribution in [0.2, 0.25) is 0 Å². The third kappa shape index (κ3) is 5.16. The number of halogens is 1. The third-order valence-corrected chi connectivity index (χ3v) is 2.85. The lowest BCUT2D eigenvalue weighted by Gasteiger charge is -2.14. The van der Waals surface area contributed by atoms with Gasteiger partial charge in [0.2, 0.25) is 0 Å². The minimum Gasteiger partial charge on any atom is -0.493 e. The molecule has 0 radical (unpaired) electrons. The molecule has 0 aliphatic rings. The molecule has 19 heavy (non-hydrogen) atoms. The summed E-state index contributed by atoms with van der Waals surface area (Å²) in [6.07, 6.45) is 0. The molecular weight excluding hydrogens is 328 g/mol. The van der Waals surface area contributed by atoms with Gasteiger partial charge >= 0.3 is 0 Å². The number of hydrogen-bond acceptors (Lipinski definition) is 3. The van der Waals surface area contributed by atoms with Crippen LogP contribution in [0.5, 0.6) is 5.75 Å². The predicted molar refractivity (Wildman–Crippen MR) is 83.6 cm³/mol. The summed E-state index contributed by atoms with van der Waals surface area (Å²) in [6, 6.07) is 5.45. The van der Waals surface area contributed by atoms with E-state index in [-0.39, 0.29) is 11.9 Å². The third-order valence-electron chi connectivity index (χ3n) is 2.13. The fourth-order valence-corrected chi connectivity index (χ4v) is 2.12. The predicted octanol–water partition coefficient (Wildman–Crippen LogP) is 2.86. The number of benzene rings is 1. The van der Waals surface area contributed by atoms with Crippen LogP contribution in [0.1, 0.15) is 31.1 Å². The van der Waals surface area contributed by atoms with Crippen LogP contribution in [0.15, 0.2) is 22.7 Å². The van der Waals surface area contributed by atoms with Gasteiger partial charge in [0.1, 0.15) is 5.75 Å².